The summed E-state index contributed by atoms with van der Waals surface area (Å²) in [5, 5.41) is 0. The van der Waals surface area contributed by atoms with Gasteiger partial charge in [-0.3, -0.25) is 23.1 Å². The zero-order valence-electron chi connectivity index (χ0n) is 18.5. The molecule has 0 N–H and O–H groups in total. The number of carbonyl (C=O) groups is 1. The zero-order valence-corrected chi connectivity index (χ0v) is 18.5. The third kappa shape index (κ3) is 2.99. The number of hydrogen-bond acceptors (Lipinski definition) is 5. The van der Waals surface area contributed by atoms with Gasteiger partial charge in [0.1, 0.15) is 6.54 Å². The summed E-state index contributed by atoms with van der Waals surface area (Å²) in [5.41, 5.74) is 4.23. The Morgan fingerprint density at radius 1 is 1.10 bits per heavy atom. The van der Waals surface area contributed by atoms with Gasteiger partial charge in [0.25, 0.3) is 5.56 Å². The van der Waals surface area contributed by atoms with Crippen LogP contribution >= 0.6 is 0 Å². The maximum Gasteiger partial charge on any atom is 0.333 e. The molecule has 4 rings (SSSR count). The Labute approximate surface area is 178 Å². The number of imidazole rings is 2. The topological polar surface area (TPSA) is 92.5 Å². The van der Waals surface area contributed by atoms with E-state index in [0.717, 1.165) is 32.8 Å². The number of rotatable bonds is 4. The number of aryl methyl sites for hydroxylation is 4. The highest BCUT2D eigenvalue weighted by atomic mass is 16.5. The normalized spacial score (nSPS) is 11.5. The van der Waals surface area contributed by atoms with Crippen molar-refractivity contribution in [1.82, 2.24) is 23.1 Å². The summed E-state index contributed by atoms with van der Waals surface area (Å²) in [4.78, 5) is 42.8. The van der Waals surface area contributed by atoms with Gasteiger partial charge in [0.2, 0.25) is 5.78 Å². The van der Waals surface area contributed by atoms with Crippen molar-refractivity contribution in [3.63, 3.8) is 0 Å². The molecule has 0 atom stereocenters. The highest BCUT2D eigenvalue weighted by Crippen LogP contribution is 2.26. The lowest BCUT2D eigenvalue weighted by Crippen LogP contribution is -2.41. The molecule has 3 heterocycles. The molecule has 1 aromatic carbocycles. The van der Waals surface area contributed by atoms with Crippen molar-refractivity contribution in [1.29, 1.82) is 0 Å². The summed E-state index contributed by atoms with van der Waals surface area (Å²) < 4.78 is 10.9. The number of benzene rings is 1. The highest BCUT2D eigenvalue weighted by Gasteiger charge is 2.24. The number of nitrogens with zero attached hydrogens (tertiary/aromatic N) is 5. The average Bonchev–Trinajstić information content (AvgIpc) is 3.22. The van der Waals surface area contributed by atoms with Crippen LogP contribution in [0.4, 0.5) is 0 Å². The second-order valence-electron chi connectivity index (χ2n) is 7.75. The van der Waals surface area contributed by atoms with Crippen molar-refractivity contribution in [3.8, 4) is 5.69 Å². The van der Waals surface area contributed by atoms with Crippen LogP contribution in [0, 0.1) is 27.7 Å². The predicted octanol–water partition coefficient (Wildman–Crippen LogP) is 1.94. The highest BCUT2D eigenvalue weighted by molar-refractivity contribution is 5.78. The first-order valence-electron chi connectivity index (χ1n) is 10.1. The Hall–Kier alpha value is -3.62. The average molecular weight is 423 g/mol. The van der Waals surface area contributed by atoms with E-state index in [9.17, 15) is 14.4 Å². The van der Waals surface area contributed by atoms with E-state index in [-0.39, 0.29) is 17.8 Å². The number of aromatic nitrogens is 5. The molecule has 0 aliphatic carbocycles. The van der Waals surface area contributed by atoms with E-state index in [1.54, 1.807) is 18.4 Å². The molecule has 0 fully saturated rings. The maximum absolute atomic E-state index is 13.3. The Kier molecular flexibility index (Phi) is 4.83. The summed E-state index contributed by atoms with van der Waals surface area (Å²) in [6.45, 7) is 9.31. The Bertz CT molecular complexity index is 1480. The van der Waals surface area contributed by atoms with Gasteiger partial charge in [0, 0.05) is 18.4 Å². The number of esters is 1. The number of ether oxygens (including phenoxy) is 1. The van der Waals surface area contributed by atoms with E-state index in [2.05, 4.69) is 11.1 Å². The van der Waals surface area contributed by atoms with Crippen LogP contribution in [0.1, 0.15) is 29.4 Å². The van der Waals surface area contributed by atoms with Gasteiger partial charge < -0.3 is 4.74 Å². The molecule has 0 radical (unpaired) electrons. The van der Waals surface area contributed by atoms with Crippen LogP contribution in [0.15, 0.2) is 27.8 Å². The molecule has 0 aliphatic heterocycles. The van der Waals surface area contributed by atoms with Gasteiger partial charge in [-0.1, -0.05) is 12.1 Å². The van der Waals surface area contributed by atoms with Crippen molar-refractivity contribution in [3.05, 3.63) is 61.6 Å². The molecule has 0 aliphatic rings. The van der Waals surface area contributed by atoms with E-state index in [1.807, 2.05) is 44.4 Å². The third-order valence-electron chi connectivity index (χ3n) is 5.72. The quantitative estimate of drug-likeness (QED) is 0.468. The standard InChI is InChI=1S/C22H25N5O4/c1-7-31-17(28)11-25-20(29)18-19(24(6)22(25)30)23-21-26(14(4)15(5)27(18)21)16-10-12(2)8-9-13(16)3/h8-10H,7,11H2,1-6H3. The van der Waals surface area contributed by atoms with E-state index in [1.165, 1.54) is 4.57 Å². The van der Waals surface area contributed by atoms with Crippen LogP contribution < -0.4 is 11.2 Å². The molecule has 9 heteroatoms. The van der Waals surface area contributed by atoms with E-state index < -0.39 is 23.8 Å². The molecule has 0 bridgehead atoms. The lowest BCUT2D eigenvalue weighted by Gasteiger charge is -2.11. The van der Waals surface area contributed by atoms with Gasteiger partial charge in [0.05, 0.1) is 12.3 Å². The predicted molar refractivity (Wildman–Crippen MR) is 117 cm³/mol. The second-order valence-corrected chi connectivity index (χ2v) is 7.75. The lowest BCUT2D eigenvalue weighted by atomic mass is 10.1. The van der Waals surface area contributed by atoms with Gasteiger partial charge >= 0.3 is 11.7 Å². The molecule has 0 unspecified atom stereocenters. The minimum Gasteiger partial charge on any atom is -0.465 e. The summed E-state index contributed by atoms with van der Waals surface area (Å²) in [5.74, 6) is -0.0950. The van der Waals surface area contributed by atoms with Crippen LogP contribution in [0.5, 0.6) is 0 Å². The smallest absolute Gasteiger partial charge is 0.333 e. The Balaban J connectivity index is 2.11. The number of hydrogen-bond donors (Lipinski definition) is 0. The van der Waals surface area contributed by atoms with E-state index in [0.29, 0.717) is 5.78 Å². The largest absolute Gasteiger partial charge is 0.465 e. The van der Waals surface area contributed by atoms with Crippen molar-refractivity contribution in [2.75, 3.05) is 6.61 Å². The first-order chi connectivity index (χ1) is 14.7. The van der Waals surface area contributed by atoms with Crippen molar-refractivity contribution < 1.29 is 9.53 Å². The number of fused-ring (bicyclic) bond motifs is 3. The molecule has 3 aromatic heterocycles. The number of carbonyl (C=O) groups excluding carboxylic acids is 1. The van der Waals surface area contributed by atoms with E-state index in [4.69, 9.17) is 4.74 Å². The lowest BCUT2D eigenvalue weighted by molar-refractivity contribution is -0.143. The monoisotopic (exact) mass is 423 g/mol. The molecule has 4 aromatic rings. The van der Waals surface area contributed by atoms with Gasteiger partial charge in [-0.2, -0.15) is 4.98 Å². The minimum atomic E-state index is -0.636. The molecule has 0 amide bonds. The van der Waals surface area contributed by atoms with E-state index >= 15 is 0 Å². The molecule has 0 spiro atoms. The molecule has 9 nitrogen and oxygen atoms in total. The van der Waals surface area contributed by atoms with Gasteiger partial charge in [-0.15, -0.1) is 0 Å². The SMILES string of the molecule is CCOC(=O)Cn1c(=O)c2c(nc3n(-c4cc(C)ccc4C)c(C)c(C)n23)n(C)c1=O. The molecule has 0 saturated heterocycles. The van der Waals surface area contributed by atoms with Gasteiger partial charge in [-0.05, 0) is 51.8 Å². The Morgan fingerprint density at radius 2 is 1.81 bits per heavy atom. The zero-order chi connectivity index (χ0) is 22.6. The molecule has 0 saturated carbocycles. The first kappa shape index (κ1) is 20.6. The fourth-order valence-corrected chi connectivity index (χ4v) is 3.97. The van der Waals surface area contributed by atoms with Crippen LogP contribution in [0.25, 0.3) is 22.6 Å². The summed E-state index contributed by atoms with van der Waals surface area (Å²) in [6, 6.07) is 6.15. The fourth-order valence-electron chi connectivity index (χ4n) is 3.97. The molecular formula is C22H25N5O4. The molecule has 31 heavy (non-hydrogen) atoms. The summed E-state index contributed by atoms with van der Waals surface area (Å²) in [7, 11) is 1.54. The summed E-state index contributed by atoms with van der Waals surface area (Å²) >= 11 is 0. The molecular weight excluding hydrogens is 398 g/mol. The van der Waals surface area contributed by atoms with Crippen molar-refractivity contribution in [2.45, 2.75) is 41.2 Å². The van der Waals surface area contributed by atoms with Crippen LogP contribution in [0.2, 0.25) is 0 Å². The first-order valence-corrected chi connectivity index (χ1v) is 10.1. The minimum absolute atomic E-state index is 0.171. The molecule has 162 valence electrons. The maximum atomic E-state index is 13.3. The fraction of sp³-hybridized carbons (Fsp3) is 0.364. The van der Waals surface area contributed by atoms with Crippen LogP contribution in [-0.4, -0.2) is 35.7 Å². The van der Waals surface area contributed by atoms with Crippen LogP contribution in [0.3, 0.4) is 0 Å². The van der Waals surface area contributed by atoms with Gasteiger partial charge in [0.15, 0.2) is 11.2 Å². The van der Waals surface area contributed by atoms with Gasteiger partial charge in [-0.25, -0.2) is 9.36 Å². The van der Waals surface area contributed by atoms with Crippen molar-refractivity contribution >= 4 is 22.9 Å². The summed E-state index contributed by atoms with van der Waals surface area (Å²) in [6.07, 6.45) is 0. The Morgan fingerprint density at radius 3 is 2.48 bits per heavy atom. The second kappa shape index (κ2) is 7.26. The van der Waals surface area contributed by atoms with Crippen LogP contribution in [-0.2, 0) is 23.1 Å². The third-order valence-corrected chi connectivity index (χ3v) is 5.72. The van der Waals surface area contributed by atoms with Crippen molar-refractivity contribution in [2.24, 2.45) is 7.05 Å².